The number of Topliss-reactive ketones (excluding diaryl/α,β-unsaturated/α-hetero) is 1. The first-order valence-electron chi connectivity index (χ1n) is 6.31. The molecule has 2 atom stereocenters. The molecule has 1 unspecified atom stereocenters. The summed E-state index contributed by atoms with van der Waals surface area (Å²) in [4.78, 5) is 12.1. The molecule has 2 saturated heterocycles. The molecule has 2 aliphatic rings. The highest BCUT2D eigenvalue weighted by Gasteiger charge is 2.29. The van der Waals surface area contributed by atoms with Crippen molar-refractivity contribution in [3.8, 4) is 0 Å². The van der Waals surface area contributed by atoms with Crippen LogP contribution in [-0.2, 0) is 14.3 Å². The predicted octanol–water partition coefficient (Wildman–Crippen LogP) is 2.68. The number of carbonyl (C=O) groups is 1. The molecule has 0 N–H and O–H groups in total. The molecule has 98 valence electrons. The zero-order chi connectivity index (χ0) is 12.1. The summed E-state index contributed by atoms with van der Waals surface area (Å²) in [5, 5.41) is 0. The maximum absolute atomic E-state index is 12.1. The van der Waals surface area contributed by atoms with Gasteiger partial charge in [-0.2, -0.15) is 0 Å². The van der Waals surface area contributed by atoms with E-state index in [0.717, 1.165) is 37.4 Å². The molecule has 0 bridgehead atoms. The van der Waals surface area contributed by atoms with Crippen molar-refractivity contribution < 1.29 is 14.3 Å². The normalized spacial score (nSPS) is 28.9. The van der Waals surface area contributed by atoms with E-state index >= 15 is 0 Å². The van der Waals surface area contributed by atoms with E-state index in [1.54, 1.807) is 23.5 Å². The fraction of sp³-hybridized carbons (Fsp3) is 0.917. The lowest BCUT2D eigenvalue weighted by molar-refractivity contribution is -0.187. The Hall–Kier alpha value is 0.290. The zero-order valence-electron chi connectivity index (χ0n) is 10.2. The molecule has 0 aromatic heterocycles. The third-order valence-corrected chi connectivity index (χ3v) is 5.89. The van der Waals surface area contributed by atoms with Gasteiger partial charge in [-0.05, 0) is 44.1 Å². The number of rotatable bonds is 4. The van der Waals surface area contributed by atoms with E-state index in [4.69, 9.17) is 9.47 Å². The smallest absolute Gasteiger partial charge is 0.184 e. The standard InChI is InChI=1S/C12H20O3S2/c1-9(15-10-5-2-3-6-14-10)11(13)12-16-7-4-8-17-12/h9-10,12H,2-8H2,1H3/t9-,10?/m0/s1. The van der Waals surface area contributed by atoms with E-state index in [1.807, 2.05) is 6.92 Å². The zero-order valence-corrected chi connectivity index (χ0v) is 11.9. The van der Waals surface area contributed by atoms with E-state index in [2.05, 4.69) is 0 Å². The van der Waals surface area contributed by atoms with Gasteiger partial charge in [-0.25, -0.2) is 0 Å². The number of hydrogen-bond acceptors (Lipinski definition) is 5. The first kappa shape index (κ1) is 13.7. The second kappa shape index (κ2) is 7.02. The second-order valence-electron chi connectivity index (χ2n) is 4.40. The van der Waals surface area contributed by atoms with Crippen molar-refractivity contribution in [2.75, 3.05) is 18.1 Å². The van der Waals surface area contributed by atoms with Gasteiger partial charge in [0.1, 0.15) is 10.7 Å². The average molecular weight is 276 g/mol. The van der Waals surface area contributed by atoms with Crippen molar-refractivity contribution in [1.29, 1.82) is 0 Å². The summed E-state index contributed by atoms with van der Waals surface area (Å²) < 4.78 is 11.3. The van der Waals surface area contributed by atoms with E-state index < -0.39 is 0 Å². The Bertz CT molecular complexity index is 248. The fourth-order valence-corrected chi connectivity index (χ4v) is 4.86. The van der Waals surface area contributed by atoms with Gasteiger partial charge in [0.25, 0.3) is 0 Å². The quantitative estimate of drug-likeness (QED) is 0.789. The van der Waals surface area contributed by atoms with Gasteiger partial charge in [0.05, 0.1) is 0 Å². The summed E-state index contributed by atoms with van der Waals surface area (Å²) in [5.74, 6) is 2.40. The summed E-state index contributed by atoms with van der Waals surface area (Å²) in [5.41, 5.74) is 0. The van der Waals surface area contributed by atoms with Gasteiger partial charge in [0.15, 0.2) is 12.1 Å². The van der Waals surface area contributed by atoms with Gasteiger partial charge in [-0.15, -0.1) is 23.5 Å². The summed E-state index contributed by atoms with van der Waals surface area (Å²) in [6.07, 6.45) is 3.88. The molecule has 2 heterocycles. The summed E-state index contributed by atoms with van der Waals surface area (Å²) >= 11 is 3.51. The van der Waals surface area contributed by atoms with Gasteiger partial charge in [0.2, 0.25) is 0 Å². The molecule has 0 amide bonds. The largest absolute Gasteiger partial charge is 0.353 e. The highest BCUT2D eigenvalue weighted by molar-refractivity contribution is 8.18. The Morgan fingerprint density at radius 1 is 1.29 bits per heavy atom. The first-order chi connectivity index (χ1) is 8.27. The summed E-state index contributed by atoms with van der Waals surface area (Å²) in [6, 6.07) is 0. The van der Waals surface area contributed by atoms with Crippen LogP contribution < -0.4 is 0 Å². The van der Waals surface area contributed by atoms with Crippen LogP contribution in [0.15, 0.2) is 0 Å². The highest BCUT2D eigenvalue weighted by Crippen LogP contribution is 2.32. The maximum atomic E-state index is 12.1. The van der Waals surface area contributed by atoms with Crippen LogP contribution in [0.1, 0.15) is 32.6 Å². The third kappa shape index (κ3) is 4.16. The lowest BCUT2D eigenvalue weighted by Crippen LogP contribution is -2.35. The number of ketones is 1. The van der Waals surface area contributed by atoms with Crippen molar-refractivity contribution in [3.05, 3.63) is 0 Å². The summed E-state index contributed by atoms with van der Waals surface area (Å²) in [6.45, 7) is 2.62. The molecule has 2 aliphatic heterocycles. The van der Waals surface area contributed by atoms with Crippen LogP contribution >= 0.6 is 23.5 Å². The average Bonchev–Trinajstić information content (AvgIpc) is 2.40. The molecular formula is C12H20O3S2. The third-order valence-electron chi connectivity index (χ3n) is 2.95. The molecule has 0 aromatic rings. The molecular weight excluding hydrogens is 256 g/mol. The monoisotopic (exact) mass is 276 g/mol. The van der Waals surface area contributed by atoms with Crippen molar-refractivity contribution >= 4 is 29.3 Å². The van der Waals surface area contributed by atoms with Gasteiger partial charge >= 0.3 is 0 Å². The second-order valence-corrected chi connectivity index (χ2v) is 7.13. The molecule has 0 aliphatic carbocycles. The van der Waals surface area contributed by atoms with Crippen LogP contribution in [0.2, 0.25) is 0 Å². The lowest BCUT2D eigenvalue weighted by atomic mass is 10.2. The molecule has 0 saturated carbocycles. The van der Waals surface area contributed by atoms with Crippen molar-refractivity contribution in [2.24, 2.45) is 0 Å². The van der Waals surface area contributed by atoms with E-state index in [0.29, 0.717) is 0 Å². The van der Waals surface area contributed by atoms with Gasteiger partial charge in [-0.1, -0.05) is 0 Å². The number of thioether (sulfide) groups is 2. The van der Waals surface area contributed by atoms with Crippen LogP contribution in [-0.4, -0.2) is 40.9 Å². The van der Waals surface area contributed by atoms with Crippen molar-refractivity contribution in [3.63, 3.8) is 0 Å². The molecule has 3 nitrogen and oxygen atoms in total. The molecule has 17 heavy (non-hydrogen) atoms. The summed E-state index contributed by atoms with van der Waals surface area (Å²) in [7, 11) is 0. The molecule has 0 radical (unpaired) electrons. The maximum Gasteiger partial charge on any atom is 0.184 e. The number of hydrogen-bond donors (Lipinski definition) is 0. The highest BCUT2D eigenvalue weighted by atomic mass is 32.2. The Morgan fingerprint density at radius 3 is 2.71 bits per heavy atom. The van der Waals surface area contributed by atoms with Crippen LogP contribution in [0.3, 0.4) is 0 Å². The fourth-order valence-electron chi connectivity index (χ4n) is 1.96. The topological polar surface area (TPSA) is 35.5 Å². The minimum atomic E-state index is -0.332. The van der Waals surface area contributed by atoms with Crippen molar-refractivity contribution in [2.45, 2.75) is 49.6 Å². The molecule has 2 fully saturated rings. The molecule has 0 spiro atoms. The van der Waals surface area contributed by atoms with Gasteiger partial charge in [-0.3, -0.25) is 4.79 Å². The van der Waals surface area contributed by atoms with Crippen molar-refractivity contribution in [1.82, 2.24) is 0 Å². The lowest BCUT2D eigenvalue weighted by Gasteiger charge is -2.28. The minimum absolute atomic E-state index is 0.0716. The first-order valence-corrected chi connectivity index (χ1v) is 8.41. The number of ether oxygens (including phenoxy) is 2. The van der Waals surface area contributed by atoms with Gasteiger partial charge in [0, 0.05) is 6.61 Å². The van der Waals surface area contributed by atoms with E-state index in [9.17, 15) is 4.79 Å². The Kier molecular flexibility index (Phi) is 5.66. The van der Waals surface area contributed by atoms with Crippen LogP contribution in [0.4, 0.5) is 0 Å². The SMILES string of the molecule is C[C@H](OC1CCCCO1)C(=O)C1SCCCS1. The van der Waals surface area contributed by atoms with Crippen LogP contribution in [0.5, 0.6) is 0 Å². The Balaban J connectivity index is 1.77. The van der Waals surface area contributed by atoms with Crippen LogP contribution in [0.25, 0.3) is 0 Å². The van der Waals surface area contributed by atoms with E-state index in [-0.39, 0.29) is 22.8 Å². The van der Waals surface area contributed by atoms with Crippen LogP contribution in [0, 0.1) is 0 Å². The Morgan fingerprint density at radius 2 is 2.06 bits per heavy atom. The molecule has 5 heteroatoms. The predicted molar refractivity (Wildman–Crippen MR) is 72.5 cm³/mol. The van der Waals surface area contributed by atoms with E-state index in [1.165, 1.54) is 6.42 Å². The molecule has 2 rings (SSSR count). The molecule has 0 aromatic carbocycles. The minimum Gasteiger partial charge on any atom is -0.353 e. The Labute approximate surface area is 111 Å². The number of carbonyl (C=O) groups excluding carboxylic acids is 1. The van der Waals surface area contributed by atoms with Gasteiger partial charge < -0.3 is 9.47 Å².